The van der Waals surface area contributed by atoms with Crippen LogP contribution in [0.3, 0.4) is 0 Å². The van der Waals surface area contributed by atoms with E-state index in [0.717, 1.165) is 19.6 Å². The SMILES string of the molecule is CCN1CCC[C@H]1CNC(=O)CCc1nc(C(C)C)no1. The summed E-state index contributed by atoms with van der Waals surface area (Å²) < 4.78 is 5.14. The van der Waals surface area contributed by atoms with E-state index in [4.69, 9.17) is 4.52 Å². The van der Waals surface area contributed by atoms with E-state index in [1.54, 1.807) is 0 Å². The lowest BCUT2D eigenvalue weighted by Crippen LogP contribution is -2.40. The number of nitrogens with one attached hydrogen (secondary N) is 1. The van der Waals surface area contributed by atoms with Gasteiger partial charge in [0, 0.05) is 31.3 Å². The van der Waals surface area contributed by atoms with Crippen LogP contribution in [0, 0.1) is 0 Å². The molecular weight excluding hydrogens is 268 g/mol. The first-order chi connectivity index (χ1) is 10.1. The van der Waals surface area contributed by atoms with Gasteiger partial charge in [0.05, 0.1) is 0 Å². The molecule has 21 heavy (non-hydrogen) atoms. The fourth-order valence-electron chi connectivity index (χ4n) is 2.69. The number of aryl methyl sites for hydroxylation is 1. The smallest absolute Gasteiger partial charge is 0.227 e. The van der Waals surface area contributed by atoms with Crippen molar-refractivity contribution >= 4 is 5.91 Å². The zero-order valence-corrected chi connectivity index (χ0v) is 13.3. The highest BCUT2D eigenvalue weighted by Gasteiger charge is 2.23. The molecular formula is C15H26N4O2. The second kappa shape index (κ2) is 7.54. The van der Waals surface area contributed by atoms with Crippen molar-refractivity contribution in [1.29, 1.82) is 0 Å². The Morgan fingerprint density at radius 3 is 3.00 bits per heavy atom. The maximum Gasteiger partial charge on any atom is 0.227 e. The molecule has 118 valence electrons. The summed E-state index contributed by atoms with van der Waals surface area (Å²) in [6, 6.07) is 0.495. The van der Waals surface area contributed by atoms with E-state index in [9.17, 15) is 4.79 Å². The third-order valence-corrected chi connectivity index (χ3v) is 4.01. The zero-order valence-electron chi connectivity index (χ0n) is 13.3. The molecule has 1 amide bonds. The Morgan fingerprint density at radius 1 is 1.52 bits per heavy atom. The molecule has 1 aliphatic heterocycles. The molecule has 1 fully saturated rings. The minimum atomic E-state index is 0.0576. The number of likely N-dealkylation sites (tertiary alicyclic amines) is 1. The van der Waals surface area contributed by atoms with Crippen LogP contribution >= 0.6 is 0 Å². The van der Waals surface area contributed by atoms with Crippen LogP contribution in [-0.4, -0.2) is 46.6 Å². The average molecular weight is 294 g/mol. The van der Waals surface area contributed by atoms with Crippen LogP contribution in [0.4, 0.5) is 0 Å². The van der Waals surface area contributed by atoms with Gasteiger partial charge in [0.15, 0.2) is 5.82 Å². The van der Waals surface area contributed by atoms with Gasteiger partial charge in [0.25, 0.3) is 0 Å². The van der Waals surface area contributed by atoms with Crippen molar-refractivity contribution in [3.05, 3.63) is 11.7 Å². The molecule has 1 aromatic heterocycles. The molecule has 1 N–H and O–H groups in total. The number of rotatable bonds is 7. The summed E-state index contributed by atoms with van der Waals surface area (Å²) in [6.07, 6.45) is 3.32. The first-order valence-electron chi connectivity index (χ1n) is 7.93. The number of carbonyl (C=O) groups is 1. The van der Waals surface area contributed by atoms with Gasteiger partial charge in [-0.25, -0.2) is 0 Å². The Labute approximate surface area is 126 Å². The molecule has 1 aliphatic rings. The number of amides is 1. The lowest BCUT2D eigenvalue weighted by atomic mass is 10.2. The highest BCUT2D eigenvalue weighted by atomic mass is 16.5. The standard InChI is InChI=1S/C15H26N4O2/c1-4-19-9-5-6-12(19)10-16-13(20)7-8-14-17-15(11(2)3)18-21-14/h11-12H,4-10H2,1-3H3,(H,16,20)/t12-/m0/s1. The van der Waals surface area contributed by atoms with Crippen molar-refractivity contribution in [2.24, 2.45) is 0 Å². The summed E-state index contributed by atoms with van der Waals surface area (Å²) in [5.74, 6) is 1.56. The molecule has 0 bridgehead atoms. The fraction of sp³-hybridized carbons (Fsp3) is 0.800. The summed E-state index contributed by atoms with van der Waals surface area (Å²) in [6.45, 7) is 9.15. The predicted molar refractivity (Wildman–Crippen MR) is 80.0 cm³/mol. The second-order valence-corrected chi connectivity index (χ2v) is 5.93. The first-order valence-corrected chi connectivity index (χ1v) is 7.93. The number of carbonyl (C=O) groups excluding carboxylic acids is 1. The van der Waals surface area contributed by atoms with Crippen molar-refractivity contribution in [3.8, 4) is 0 Å². The Kier molecular flexibility index (Phi) is 5.73. The predicted octanol–water partition coefficient (Wildman–Crippen LogP) is 1.73. The van der Waals surface area contributed by atoms with Crippen LogP contribution in [0.25, 0.3) is 0 Å². The van der Waals surface area contributed by atoms with Crippen molar-refractivity contribution in [2.75, 3.05) is 19.6 Å². The summed E-state index contributed by atoms with van der Waals surface area (Å²) in [4.78, 5) is 18.6. The maximum absolute atomic E-state index is 11.9. The minimum absolute atomic E-state index is 0.0576. The van der Waals surface area contributed by atoms with Gasteiger partial charge >= 0.3 is 0 Å². The molecule has 0 radical (unpaired) electrons. The van der Waals surface area contributed by atoms with Crippen LogP contribution in [0.1, 0.15) is 57.7 Å². The van der Waals surface area contributed by atoms with E-state index in [-0.39, 0.29) is 11.8 Å². The molecule has 0 saturated carbocycles. The molecule has 0 spiro atoms. The second-order valence-electron chi connectivity index (χ2n) is 5.93. The molecule has 1 aromatic rings. The molecule has 1 atom stereocenters. The number of hydrogen-bond donors (Lipinski definition) is 1. The molecule has 2 heterocycles. The number of likely N-dealkylation sites (N-methyl/N-ethyl adjacent to an activating group) is 1. The first kappa shape index (κ1) is 15.9. The van der Waals surface area contributed by atoms with Gasteiger partial charge in [-0.1, -0.05) is 25.9 Å². The van der Waals surface area contributed by atoms with Crippen molar-refractivity contribution < 1.29 is 9.32 Å². The molecule has 2 rings (SSSR count). The topological polar surface area (TPSA) is 71.3 Å². The summed E-state index contributed by atoms with van der Waals surface area (Å²) >= 11 is 0. The number of aromatic nitrogens is 2. The van der Waals surface area contributed by atoms with E-state index >= 15 is 0 Å². The number of nitrogens with zero attached hydrogens (tertiary/aromatic N) is 3. The van der Waals surface area contributed by atoms with Gasteiger partial charge in [-0.05, 0) is 25.9 Å². The van der Waals surface area contributed by atoms with Crippen molar-refractivity contribution in [3.63, 3.8) is 0 Å². The molecule has 0 aliphatic carbocycles. The van der Waals surface area contributed by atoms with E-state index in [1.807, 2.05) is 13.8 Å². The quantitative estimate of drug-likeness (QED) is 0.829. The van der Waals surface area contributed by atoms with Gasteiger partial charge in [-0.3, -0.25) is 9.69 Å². The third kappa shape index (κ3) is 4.52. The van der Waals surface area contributed by atoms with Gasteiger partial charge in [0.1, 0.15) is 0 Å². The van der Waals surface area contributed by atoms with Crippen molar-refractivity contribution in [2.45, 2.75) is 58.4 Å². The Hall–Kier alpha value is -1.43. The average Bonchev–Trinajstić information content (AvgIpc) is 3.11. The highest BCUT2D eigenvalue weighted by Crippen LogP contribution is 2.15. The van der Waals surface area contributed by atoms with Crippen LogP contribution in [-0.2, 0) is 11.2 Å². The van der Waals surface area contributed by atoms with Crippen LogP contribution < -0.4 is 5.32 Å². The van der Waals surface area contributed by atoms with E-state index in [1.165, 1.54) is 12.8 Å². The Morgan fingerprint density at radius 2 is 2.33 bits per heavy atom. The monoisotopic (exact) mass is 294 g/mol. The van der Waals surface area contributed by atoms with Gasteiger partial charge in [0.2, 0.25) is 11.8 Å². The molecule has 1 saturated heterocycles. The molecule has 6 nitrogen and oxygen atoms in total. The maximum atomic E-state index is 11.9. The lowest BCUT2D eigenvalue weighted by molar-refractivity contribution is -0.121. The number of hydrogen-bond acceptors (Lipinski definition) is 5. The molecule has 6 heteroatoms. The summed E-state index contributed by atoms with van der Waals surface area (Å²) in [5.41, 5.74) is 0. The van der Waals surface area contributed by atoms with E-state index in [2.05, 4.69) is 27.3 Å². The van der Waals surface area contributed by atoms with Crippen LogP contribution in [0.15, 0.2) is 4.52 Å². The van der Waals surface area contributed by atoms with Crippen LogP contribution in [0.2, 0.25) is 0 Å². The molecule has 0 aromatic carbocycles. The molecule has 0 unspecified atom stereocenters. The fourth-order valence-corrected chi connectivity index (χ4v) is 2.69. The highest BCUT2D eigenvalue weighted by molar-refractivity contribution is 5.76. The van der Waals surface area contributed by atoms with Gasteiger partial charge in [-0.15, -0.1) is 0 Å². The lowest BCUT2D eigenvalue weighted by Gasteiger charge is -2.22. The van der Waals surface area contributed by atoms with E-state index < -0.39 is 0 Å². The minimum Gasteiger partial charge on any atom is -0.355 e. The van der Waals surface area contributed by atoms with Crippen molar-refractivity contribution in [1.82, 2.24) is 20.4 Å². The summed E-state index contributed by atoms with van der Waals surface area (Å²) in [7, 11) is 0. The van der Waals surface area contributed by atoms with Gasteiger partial charge in [-0.2, -0.15) is 4.98 Å². The normalized spacial score (nSPS) is 19.3. The third-order valence-electron chi connectivity index (χ3n) is 4.01. The van der Waals surface area contributed by atoms with E-state index in [0.29, 0.717) is 30.6 Å². The Bertz CT molecular complexity index is 458. The van der Waals surface area contributed by atoms with Crippen LogP contribution in [0.5, 0.6) is 0 Å². The zero-order chi connectivity index (χ0) is 15.2. The Balaban J connectivity index is 1.69. The van der Waals surface area contributed by atoms with Gasteiger partial charge < -0.3 is 9.84 Å². The largest absolute Gasteiger partial charge is 0.355 e. The summed E-state index contributed by atoms with van der Waals surface area (Å²) in [5, 5.41) is 6.92.